The highest BCUT2D eigenvalue weighted by Crippen LogP contribution is 2.32. The number of nitrogens with one attached hydrogen (secondary N) is 1. The lowest BCUT2D eigenvalue weighted by molar-refractivity contribution is 0.466. The van der Waals surface area contributed by atoms with Gasteiger partial charge in [-0.2, -0.15) is 5.10 Å². The van der Waals surface area contributed by atoms with Gasteiger partial charge in [0.2, 0.25) is 0 Å². The number of rotatable bonds is 5. The highest BCUT2D eigenvalue weighted by atomic mass is 35.5. The van der Waals surface area contributed by atoms with Crippen LogP contribution in [0.15, 0.2) is 24.4 Å². The fourth-order valence-electron chi connectivity index (χ4n) is 2.48. The standard InChI is InChI=1S/C16H21ClFN3/c1-5-19-15(12-8-6-7-11(4)14(12)18)16-13(17)9-20-21(16)10(2)3/h6-10,15,19H,5H2,1-4H3. The summed E-state index contributed by atoms with van der Waals surface area (Å²) in [5.74, 6) is -0.198. The lowest BCUT2D eigenvalue weighted by Crippen LogP contribution is -2.27. The molecule has 21 heavy (non-hydrogen) atoms. The van der Waals surface area contributed by atoms with Gasteiger partial charge in [0.25, 0.3) is 0 Å². The molecule has 0 radical (unpaired) electrons. The van der Waals surface area contributed by atoms with Gasteiger partial charge in [-0.15, -0.1) is 0 Å². The molecule has 0 spiro atoms. The van der Waals surface area contributed by atoms with Crippen molar-refractivity contribution in [2.75, 3.05) is 6.54 Å². The molecule has 0 saturated carbocycles. The zero-order valence-electron chi connectivity index (χ0n) is 12.8. The Kier molecular flexibility index (Phi) is 5.01. The molecule has 114 valence electrons. The van der Waals surface area contributed by atoms with E-state index in [1.807, 2.05) is 31.5 Å². The van der Waals surface area contributed by atoms with Gasteiger partial charge >= 0.3 is 0 Å². The summed E-state index contributed by atoms with van der Waals surface area (Å²) in [6.45, 7) is 8.52. The molecule has 5 heteroatoms. The van der Waals surface area contributed by atoms with Crippen LogP contribution in [0.1, 0.15) is 49.7 Å². The minimum Gasteiger partial charge on any atom is -0.305 e. The van der Waals surface area contributed by atoms with Crippen LogP contribution in [-0.2, 0) is 0 Å². The molecule has 0 aliphatic carbocycles. The third-order valence-electron chi connectivity index (χ3n) is 3.49. The molecule has 0 fully saturated rings. The lowest BCUT2D eigenvalue weighted by Gasteiger charge is -2.23. The van der Waals surface area contributed by atoms with Crippen LogP contribution in [0.3, 0.4) is 0 Å². The minimum atomic E-state index is -0.313. The first-order valence-corrected chi connectivity index (χ1v) is 7.56. The highest BCUT2D eigenvalue weighted by Gasteiger charge is 2.25. The monoisotopic (exact) mass is 309 g/mol. The van der Waals surface area contributed by atoms with Gasteiger partial charge < -0.3 is 5.32 Å². The van der Waals surface area contributed by atoms with Crippen LogP contribution in [0.25, 0.3) is 0 Å². The van der Waals surface area contributed by atoms with Crippen LogP contribution in [0.4, 0.5) is 4.39 Å². The van der Waals surface area contributed by atoms with Crippen molar-refractivity contribution in [1.82, 2.24) is 15.1 Å². The normalized spacial score (nSPS) is 12.9. The molecule has 1 N–H and O–H groups in total. The minimum absolute atomic E-state index is 0.154. The first-order valence-electron chi connectivity index (χ1n) is 7.18. The maximum absolute atomic E-state index is 14.5. The average molecular weight is 310 g/mol. The fourth-order valence-corrected chi connectivity index (χ4v) is 2.72. The second-order valence-electron chi connectivity index (χ2n) is 5.38. The van der Waals surface area contributed by atoms with Crippen LogP contribution in [0.5, 0.6) is 0 Å². The Morgan fingerprint density at radius 2 is 2.10 bits per heavy atom. The SMILES string of the molecule is CCNC(c1cccc(C)c1F)c1c(Cl)cnn1C(C)C. The topological polar surface area (TPSA) is 29.9 Å². The summed E-state index contributed by atoms with van der Waals surface area (Å²) in [6.07, 6.45) is 1.62. The molecule has 1 unspecified atom stereocenters. The van der Waals surface area contributed by atoms with Crippen LogP contribution in [0, 0.1) is 12.7 Å². The van der Waals surface area contributed by atoms with Crippen molar-refractivity contribution in [1.29, 1.82) is 0 Å². The van der Waals surface area contributed by atoms with E-state index in [1.165, 1.54) is 0 Å². The van der Waals surface area contributed by atoms with E-state index in [1.54, 1.807) is 25.3 Å². The summed E-state index contributed by atoms with van der Waals surface area (Å²) >= 11 is 6.32. The third-order valence-corrected chi connectivity index (χ3v) is 3.78. The molecule has 2 rings (SSSR count). The number of halogens is 2. The Labute approximate surface area is 130 Å². The molecule has 3 nitrogen and oxygen atoms in total. The van der Waals surface area contributed by atoms with Gasteiger partial charge in [-0.05, 0) is 32.9 Å². The van der Waals surface area contributed by atoms with E-state index in [9.17, 15) is 4.39 Å². The van der Waals surface area contributed by atoms with Gasteiger partial charge in [-0.1, -0.05) is 36.7 Å². The van der Waals surface area contributed by atoms with Crippen LogP contribution in [0.2, 0.25) is 5.02 Å². The molecule has 0 aliphatic heterocycles. The van der Waals surface area contributed by atoms with Gasteiger partial charge in [-0.3, -0.25) is 4.68 Å². The summed E-state index contributed by atoms with van der Waals surface area (Å²) in [4.78, 5) is 0. The van der Waals surface area contributed by atoms with E-state index in [0.29, 0.717) is 22.7 Å². The molecular weight excluding hydrogens is 289 g/mol. The molecule has 1 heterocycles. The number of hydrogen-bond acceptors (Lipinski definition) is 2. The number of hydrogen-bond donors (Lipinski definition) is 1. The quantitative estimate of drug-likeness (QED) is 0.894. The summed E-state index contributed by atoms with van der Waals surface area (Å²) in [5.41, 5.74) is 2.03. The molecular formula is C16H21ClFN3. The molecule has 1 atom stereocenters. The molecule has 0 amide bonds. The fraction of sp³-hybridized carbons (Fsp3) is 0.438. The van der Waals surface area contributed by atoms with Gasteiger partial charge in [0, 0.05) is 11.6 Å². The van der Waals surface area contributed by atoms with Gasteiger partial charge in [0.15, 0.2) is 0 Å². The Morgan fingerprint density at radius 1 is 1.38 bits per heavy atom. The van der Waals surface area contributed by atoms with Crippen LogP contribution < -0.4 is 5.32 Å². The second-order valence-corrected chi connectivity index (χ2v) is 5.79. The molecule has 0 saturated heterocycles. The predicted octanol–water partition coefficient (Wildman–Crippen LogP) is 4.26. The van der Waals surface area contributed by atoms with Crippen molar-refractivity contribution >= 4 is 11.6 Å². The Bertz CT molecular complexity index is 622. The zero-order chi connectivity index (χ0) is 15.6. The molecule has 1 aromatic carbocycles. The number of nitrogens with zero attached hydrogens (tertiary/aromatic N) is 2. The van der Waals surface area contributed by atoms with E-state index in [2.05, 4.69) is 10.4 Å². The summed E-state index contributed by atoms with van der Waals surface area (Å²) in [5, 5.41) is 8.19. The zero-order valence-corrected chi connectivity index (χ0v) is 13.6. The van der Waals surface area contributed by atoms with E-state index in [4.69, 9.17) is 11.6 Å². The van der Waals surface area contributed by atoms with Crippen molar-refractivity contribution in [3.63, 3.8) is 0 Å². The maximum Gasteiger partial charge on any atom is 0.131 e. The van der Waals surface area contributed by atoms with Crippen molar-refractivity contribution in [3.8, 4) is 0 Å². The Hall–Kier alpha value is -1.39. The third kappa shape index (κ3) is 3.11. The average Bonchev–Trinajstić information content (AvgIpc) is 2.82. The van der Waals surface area contributed by atoms with Gasteiger partial charge in [0.1, 0.15) is 5.82 Å². The second kappa shape index (κ2) is 6.58. The maximum atomic E-state index is 14.5. The van der Waals surface area contributed by atoms with Crippen LogP contribution >= 0.6 is 11.6 Å². The highest BCUT2D eigenvalue weighted by molar-refractivity contribution is 6.31. The van der Waals surface area contributed by atoms with Gasteiger partial charge in [-0.25, -0.2) is 4.39 Å². The van der Waals surface area contributed by atoms with Crippen molar-refractivity contribution in [2.45, 2.75) is 39.8 Å². The first kappa shape index (κ1) is 16.0. The number of aryl methyl sites for hydroxylation is 1. The summed E-state index contributed by atoms with van der Waals surface area (Å²) in [6, 6.07) is 5.27. The molecule has 0 bridgehead atoms. The van der Waals surface area contributed by atoms with Crippen molar-refractivity contribution in [3.05, 3.63) is 52.1 Å². The van der Waals surface area contributed by atoms with Crippen LogP contribution in [-0.4, -0.2) is 16.3 Å². The summed E-state index contributed by atoms with van der Waals surface area (Å²) < 4.78 is 16.4. The summed E-state index contributed by atoms with van der Waals surface area (Å²) in [7, 11) is 0. The van der Waals surface area contributed by atoms with E-state index < -0.39 is 0 Å². The molecule has 0 aliphatic rings. The van der Waals surface area contributed by atoms with Crippen molar-refractivity contribution in [2.24, 2.45) is 0 Å². The van der Waals surface area contributed by atoms with Gasteiger partial charge in [0.05, 0.1) is 23.0 Å². The van der Waals surface area contributed by atoms with E-state index >= 15 is 0 Å². The smallest absolute Gasteiger partial charge is 0.131 e. The lowest BCUT2D eigenvalue weighted by atomic mass is 10.00. The predicted molar refractivity (Wildman–Crippen MR) is 84.3 cm³/mol. The molecule has 2 aromatic rings. The van der Waals surface area contributed by atoms with Crippen molar-refractivity contribution < 1.29 is 4.39 Å². The first-order chi connectivity index (χ1) is 9.97. The Balaban J connectivity index is 2.59. The van der Waals surface area contributed by atoms with E-state index in [-0.39, 0.29) is 17.9 Å². The van der Waals surface area contributed by atoms with E-state index in [0.717, 1.165) is 5.69 Å². The Morgan fingerprint density at radius 3 is 2.71 bits per heavy atom. The largest absolute Gasteiger partial charge is 0.305 e. The number of benzene rings is 1. The molecule has 1 aromatic heterocycles. The number of aromatic nitrogens is 2.